The van der Waals surface area contributed by atoms with E-state index in [1.54, 1.807) is 12.1 Å². The van der Waals surface area contributed by atoms with Crippen molar-refractivity contribution in [2.45, 2.75) is 18.9 Å². The molecule has 0 radical (unpaired) electrons. The van der Waals surface area contributed by atoms with E-state index in [4.69, 9.17) is 0 Å². The molecule has 0 spiro atoms. The summed E-state index contributed by atoms with van der Waals surface area (Å²) in [6.07, 6.45) is -0.669. The zero-order chi connectivity index (χ0) is 14.8. The third-order valence-corrected chi connectivity index (χ3v) is 4.02. The Bertz CT molecular complexity index is 752. The molecule has 0 amide bonds. The van der Waals surface area contributed by atoms with Crippen LogP contribution in [0, 0.1) is 5.82 Å². The quantitative estimate of drug-likeness (QED) is 0.729. The van der Waals surface area contributed by atoms with Crippen molar-refractivity contribution in [1.82, 2.24) is 0 Å². The van der Waals surface area contributed by atoms with Gasteiger partial charge in [-0.2, -0.15) is 0 Å². The lowest BCUT2D eigenvalue weighted by atomic mass is 9.88. The molecule has 1 nitrogen and oxygen atoms in total. The lowest BCUT2D eigenvalue weighted by molar-refractivity contribution is 0.153. The third-order valence-electron chi connectivity index (χ3n) is 4.02. The van der Waals surface area contributed by atoms with Crippen molar-refractivity contribution in [1.29, 1.82) is 0 Å². The van der Waals surface area contributed by atoms with Crippen molar-refractivity contribution >= 4 is 10.8 Å². The van der Waals surface area contributed by atoms with Crippen LogP contribution in [0.15, 0.2) is 66.7 Å². The Balaban J connectivity index is 2.06. The molecule has 0 aliphatic heterocycles. The molecule has 0 saturated carbocycles. The van der Waals surface area contributed by atoms with E-state index in [0.717, 1.165) is 16.5 Å². The van der Waals surface area contributed by atoms with Crippen molar-refractivity contribution in [2.24, 2.45) is 0 Å². The normalized spacial score (nSPS) is 14.0. The molecule has 21 heavy (non-hydrogen) atoms. The summed E-state index contributed by atoms with van der Waals surface area (Å²) in [5, 5.41) is 12.0. The lowest BCUT2D eigenvalue weighted by Crippen LogP contribution is -2.08. The number of aliphatic hydroxyl groups is 1. The number of hydrogen-bond acceptors (Lipinski definition) is 1. The minimum absolute atomic E-state index is 0.0555. The average molecular weight is 280 g/mol. The summed E-state index contributed by atoms with van der Waals surface area (Å²) in [4.78, 5) is 0. The smallest absolute Gasteiger partial charge is 0.131 e. The van der Waals surface area contributed by atoms with Gasteiger partial charge in [0.05, 0.1) is 6.10 Å². The maximum absolute atomic E-state index is 13.9. The number of benzene rings is 3. The molecular weight excluding hydrogens is 263 g/mol. The summed E-state index contributed by atoms with van der Waals surface area (Å²) in [7, 11) is 0. The number of aliphatic hydroxyl groups excluding tert-OH is 1. The Kier molecular flexibility index (Phi) is 3.72. The minimum atomic E-state index is -0.669. The largest absolute Gasteiger partial charge is 0.388 e. The molecule has 2 unspecified atom stereocenters. The molecule has 0 aliphatic carbocycles. The van der Waals surface area contributed by atoms with Gasteiger partial charge in [0.1, 0.15) is 5.82 Å². The first-order valence-electron chi connectivity index (χ1n) is 7.08. The first-order chi connectivity index (χ1) is 10.2. The van der Waals surface area contributed by atoms with Crippen molar-refractivity contribution in [3.05, 3.63) is 83.7 Å². The number of fused-ring (bicyclic) bond motifs is 1. The van der Waals surface area contributed by atoms with Gasteiger partial charge in [-0.05, 0) is 22.6 Å². The Morgan fingerprint density at radius 2 is 1.43 bits per heavy atom. The molecule has 0 saturated heterocycles. The first-order valence-corrected chi connectivity index (χ1v) is 7.08. The monoisotopic (exact) mass is 280 g/mol. The van der Waals surface area contributed by atoms with E-state index in [1.807, 2.05) is 55.5 Å². The second-order valence-corrected chi connectivity index (χ2v) is 5.33. The van der Waals surface area contributed by atoms with Crippen LogP contribution in [0.25, 0.3) is 10.8 Å². The molecule has 0 aliphatic rings. The molecule has 3 rings (SSSR count). The molecule has 0 aromatic heterocycles. The highest BCUT2D eigenvalue weighted by Gasteiger charge is 2.20. The summed E-state index contributed by atoms with van der Waals surface area (Å²) in [6.45, 7) is 1.98. The zero-order valence-corrected chi connectivity index (χ0v) is 11.8. The number of hydrogen-bond donors (Lipinski definition) is 1. The number of halogens is 1. The van der Waals surface area contributed by atoms with E-state index in [0.29, 0.717) is 5.39 Å². The third kappa shape index (κ3) is 2.55. The van der Waals surface area contributed by atoms with Crippen LogP contribution in [0.5, 0.6) is 0 Å². The predicted octanol–water partition coefficient (Wildman–Crippen LogP) is 4.82. The van der Waals surface area contributed by atoms with Crippen LogP contribution in [-0.2, 0) is 0 Å². The second kappa shape index (κ2) is 5.66. The minimum Gasteiger partial charge on any atom is -0.388 e. The molecule has 3 aromatic carbocycles. The first kappa shape index (κ1) is 13.8. The van der Waals surface area contributed by atoms with Gasteiger partial charge in [-0.1, -0.05) is 67.6 Å². The van der Waals surface area contributed by atoms with Gasteiger partial charge in [0, 0.05) is 11.3 Å². The highest BCUT2D eigenvalue weighted by molar-refractivity contribution is 5.86. The standard InChI is InChI=1S/C19H17FO/c1-13(14-7-3-2-4-8-14)19(21)17-11-12-18(20)16-10-6-5-9-15(16)17/h2-13,19,21H,1H3. The Hall–Kier alpha value is -2.19. The van der Waals surface area contributed by atoms with Gasteiger partial charge in [0.2, 0.25) is 0 Å². The van der Waals surface area contributed by atoms with Gasteiger partial charge in [0.15, 0.2) is 0 Å². The fourth-order valence-electron chi connectivity index (χ4n) is 2.75. The van der Waals surface area contributed by atoms with E-state index in [-0.39, 0.29) is 11.7 Å². The summed E-state index contributed by atoms with van der Waals surface area (Å²) in [5.41, 5.74) is 1.83. The van der Waals surface area contributed by atoms with Gasteiger partial charge < -0.3 is 5.11 Å². The predicted molar refractivity (Wildman–Crippen MR) is 83.7 cm³/mol. The van der Waals surface area contributed by atoms with Crippen LogP contribution >= 0.6 is 0 Å². The molecule has 0 fully saturated rings. The van der Waals surface area contributed by atoms with Crippen molar-refractivity contribution in [2.75, 3.05) is 0 Å². The summed E-state index contributed by atoms with van der Waals surface area (Å²) >= 11 is 0. The Labute approximate surface area is 123 Å². The molecule has 2 heteroatoms. The van der Waals surface area contributed by atoms with Crippen molar-refractivity contribution in [3.8, 4) is 0 Å². The van der Waals surface area contributed by atoms with E-state index in [1.165, 1.54) is 6.07 Å². The highest BCUT2D eigenvalue weighted by Crippen LogP contribution is 2.35. The molecule has 0 heterocycles. The van der Waals surface area contributed by atoms with Crippen LogP contribution in [0.3, 0.4) is 0 Å². The summed E-state index contributed by atoms with van der Waals surface area (Å²) in [5.74, 6) is -0.311. The fraction of sp³-hybridized carbons (Fsp3) is 0.158. The molecule has 106 valence electrons. The average Bonchev–Trinajstić information content (AvgIpc) is 2.55. The highest BCUT2D eigenvalue weighted by atomic mass is 19.1. The van der Waals surface area contributed by atoms with E-state index < -0.39 is 6.10 Å². The van der Waals surface area contributed by atoms with Crippen LogP contribution in [0.2, 0.25) is 0 Å². The van der Waals surface area contributed by atoms with Crippen molar-refractivity contribution < 1.29 is 9.50 Å². The molecular formula is C19H17FO. The van der Waals surface area contributed by atoms with Crippen LogP contribution in [-0.4, -0.2) is 5.11 Å². The molecule has 0 bridgehead atoms. The van der Waals surface area contributed by atoms with Gasteiger partial charge in [-0.25, -0.2) is 4.39 Å². The number of rotatable bonds is 3. The molecule has 3 aromatic rings. The van der Waals surface area contributed by atoms with Crippen LogP contribution < -0.4 is 0 Å². The Morgan fingerprint density at radius 3 is 2.14 bits per heavy atom. The SMILES string of the molecule is CC(c1ccccc1)C(O)c1ccc(F)c2ccccc12. The second-order valence-electron chi connectivity index (χ2n) is 5.33. The maximum Gasteiger partial charge on any atom is 0.131 e. The maximum atomic E-state index is 13.9. The van der Waals surface area contributed by atoms with Gasteiger partial charge in [0.25, 0.3) is 0 Å². The van der Waals surface area contributed by atoms with E-state index in [9.17, 15) is 9.50 Å². The Morgan fingerprint density at radius 1 is 0.810 bits per heavy atom. The lowest BCUT2D eigenvalue weighted by Gasteiger charge is -2.21. The van der Waals surface area contributed by atoms with Crippen LogP contribution in [0.1, 0.15) is 30.1 Å². The van der Waals surface area contributed by atoms with Gasteiger partial charge in [-0.3, -0.25) is 0 Å². The van der Waals surface area contributed by atoms with Gasteiger partial charge in [-0.15, -0.1) is 0 Å². The summed E-state index contributed by atoms with van der Waals surface area (Å²) in [6, 6.07) is 20.3. The van der Waals surface area contributed by atoms with E-state index in [2.05, 4.69) is 0 Å². The van der Waals surface area contributed by atoms with Crippen molar-refractivity contribution in [3.63, 3.8) is 0 Å². The van der Waals surface area contributed by atoms with E-state index >= 15 is 0 Å². The summed E-state index contributed by atoms with van der Waals surface area (Å²) < 4.78 is 13.9. The topological polar surface area (TPSA) is 20.2 Å². The zero-order valence-electron chi connectivity index (χ0n) is 11.8. The van der Waals surface area contributed by atoms with Gasteiger partial charge >= 0.3 is 0 Å². The molecule has 2 atom stereocenters. The fourth-order valence-corrected chi connectivity index (χ4v) is 2.75. The molecule has 1 N–H and O–H groups in total. The van der Waals surface area contributed by atoms with Crippen LogP contribution in [0.4, 0.5) is 4.39 Å².